The predicted octanol–water partition coefficient (Wildman–Crippen LogP) is 3.80. The molecular weight excluding hydrogens is 491 g/mol. The van der Waals surface area contributed by atoms with Crippen LogP contribution < -0.4 is 15.4 Å². The molecule has 1 saturated heterocycles. The number of hydrogen-bond donors (Lipinski definition) is 3. The summed E-state index contributed by atoms with van der Waals surface area (Å²) >= 11 is 0. The molecule has 0 saturated carbocycles. The molecule has 0 aliphatic carbocycles. The lowest BCUT2D eigenvalue weighted by Gasteiger charge is -2.30. The number of aliphatic hydroxyl groups excluding tert-OH is 1. The molecule has 0 amide bonds. The standard InChI is InChI=1S/C23H40N4O2.HI/c1-4-10-19(13-16-28)17-25-23(24-5-2)26-18-21(27-14-8-9-15-27)20-11-6-7-12-22(20)29-3;/h6-7,11-12,19,21,28H,4-5,8-10,13-18H2,1-3H3,(H2,24,25,26);1H. The summed E-state index contributed by atoms with van der Waals surface area (Å²) in [6.07, 6.45) is 5.53. The average molecular weight is 533 g/mol. The van der Waals surface area contributed by atoms with Crippen molar-refractivity contribution in [3.8, 4) is 5.75 Å². The zero-order chi connectivity index (χ0) is 20.9. The van der Waals surface area contributed by atoms with E-state index >= 15 is 0 Å². The van der Waals surface area contributed by atoms with Crippen LogP contribution in [-0.2, 0) is 0 Å². The molecule has 2 unspecified atom stereocenters. The monoisotopic (exact) mass is 532 g/mol. The van der Waals surface area contributed by atoms with E-state index in [2.05, 4.69) is 41.5 Å². The number of rotatable bonds is 12. The van der Waals surface area contributed by atoms with E-state index in [9.17, 15) is 5.11 Å². The Bertz CT molecular complexity index is 603. The highest BCUT2D eigenvalue weighted by Crippen LogP contribution is 2.31. The number of likely N-dealkylation sites (tertiary alicyclic amines) is 1. The summed E-state index contributed by atoms with van der Waals surface area (Å²) in [5.41, 5.74) is 1.23. The number of nitrogens with zero attached hydrogens (tertiary/aromatic N) is 2. The molecule has 6 nitrogen and oxygen atoms in total. The molecule has 1 fully saturated rings. The van der Waals surface area contributed by atoms with E-state index in [1.165, 1.54) is 18.4 Å². The molecule has 2 atom stereocenters. The number of methoxy groups -OCH3 is 1. The molecule has 1 aliphatic rings. The summed E-state index contributed by atoms with van der Waals surface area (Å²) in [4.78, 5) is 7.36. The highest BCUT2D eigenvalue weighted by atomic mass is 127. The Morgan fingerprint density at radius 1 is 1.17 bits per heavy atom. The lowest BCUT2D eigenvalue weighted by molar-refractivity contribution is 0.239. The van der Waals surface area contributed by atoms with Crippen LogP contribution in [0.2, 0.25) is 0 Å². The van der Waals surface area contributed by atoms with E-state index in [0.717, 1.165) is 63.7 Å². The first-order valence-electron chi connectivity index (χ1n) is 11.2. The molecule has 1 aromatic rings. The number of para-hydroxylation sites is 1. The van der Waals surface area contributed by atoms with Crippen molar-refractivity contribution in [2.24, 2.45) is 10.9 Å². The van der Waals surface area contributed by atoms with Gasteiger partial charge in [-0.25, -0.2) is 0 Å². The maximum atomic E-state index is 9.31. The summed E-state index contributed by atoms with van der Waals surface area (Å²) in [6, 6.07) is 8.58. The number of guanidine groups is 1. The number of nitrogens with one attached hydrogen (secondary N) is 2. The maximum absolute atomic E-state index is 9.31. The Morgan fingerprint density at radius 2 is 1.90 bits per heavy atom. The van der Waals surface area contributed by atoms with Crippen LogP contribution in [0.4, 0.5) is 0 Å². The molecule has 30 heavy (non-hydrogen) atoms. The van der Waals surface area contributed by atoms with Gasteiger partial charge in [0.05, 0.1) is 13.2 Å². The maximum Gasteiger partial charge on any atom is 0.191 e. The zero-order valence-electron chi connectivity index (χ0n) is 18.9. The van der Waals surface area contributed by atoms with Gasteiger partial charge in [-0.15, -0.1) is 24.0 Å². The van der Waals surface area contributed by atoms with Crippen molar-refractivity contribution in [1.82, 2.24) is 15.5 Å². The van der Waals surface area contributed by atoms with Crippen LogP contribution in [0.3, 0.4) is 0 Å². The second-order valence-electron chi connectivity index (χ2n) is 7.77. The molecule has 0 spiro atoms. The van der Waals surface area contributed by atoms with Gasteiger partial charge >= 0.3 is 0 Å². The van der Waals surface area contributed by atoms with Gasteiger partial charge in [-0.1, -0.05) is 31.5 Å². The number of benzene rings is 1. The van der Waals surface area contributed by atoms with Gasteiger partial charge in [0.1, 0.15) is 5.75 Å². The molecule has 1 aromatic carbocycles. The number of halogens is 1. The van der Waals surface area contributed by atoms with Crippen LogP contribution in [0.25, 0.3) is 0 Å². The zero-order valence-corrected chi connectivity index (χ0v) is 21.2. The fourth-order valence-corrected chi connectivity index (χ4v) is 4.10. The number of aliphatic imine (C=N–C) groups is 1. The summed E-state index contributed by atoms with van der Waals surface area (Å²) in [5.74, 6) is 2.23. The molecule has 0 bridgehead atoms. The highest BCUT2D eigenvalue weighted by Gasteiger charge is 2.26. The summed E-state index contributed by atoms with van der Waals surface area (Å²) in [5, 5.41) is 16.2. The smallest absolute Gasteiger partial charge is 0.191 e. The fraction of sp³-hybridized carbons (Fsp3) is 0.696. The van der Waals surface area contributed by atoms with Gasteiger partial charge in [-0.3, -0.25) is 9.89 Å². The van der Waals surface area contributed by atoms with Crippen molar-refractivity contribution in [2.75, 3.05) is 46.4 Å². The molecule has 7 heteroatoms. The van der Waals surface area contributed by atoms with Gasteiger partial charge in [0, 0.05) is 31.8 Å². The number of hydrogen-bond acceptors (Lipinski definition) is 4. The van der Waals surface area contributed by atoms with E-state index in [0.29, 0.717) is 5.92 Å². The third kappa shape index (κ3) is 8.59. The largest absolute Gasteiger partial charge is 0.496 e. The molecule has 3 N–H and O–H groups in total. The van der Waals surface area contributed by atoms with Gasteiger partial charge in [-0.2, -0.15) is 0 Å². The molecule has 1 aliphatic heterocycles. The minimum atomic E-state index is 0. The van der Waals surface area contributed by atoms with Crippen molar-refractivity contribution in [1.29, 1.82) is 0 Å². The van der Waals surface area contributed by atoms with E-state index < -0.39 is 0 Å². The first kappa shape index (κ1) is 27.0. The van der Waals surface area contributed by atoms with Gasteiger partial charge < -0.3 is 20.5 Å². The molecule has 0 radical (unpaired) electrons. The molecule has 0 aromatic heterocycles. The van der Waals surface area contributed by atoms with E-state index in [1.54, 1.807) is 7.11 Å². The van der Waals surface area contributed by atoms with E-state index in [1.807, 2.05) is 12.1 Å². The fourth-order valence-electron chi connectivity index (χ4n) is 4.10. The van der Waals surface area contributed by atoms with Crippen LogP contribution in [0.15, 0.2) is 29.3 Å². The Kier molecular flexibility index (Phi) is 14.1. The third-order valence-corrected chi connectivity index (χ3v) is 5.63. The SMILES string of the molecule is CCCC(CCO)CN=C(NCC)NCC(c1ccccc1OC)N1CCCC1.I. The third-order valence-electron chi connectivity index (χ3n) is 5.63. The lowest BCUT2D eigenvalue weighted by Crippen LogP contribution is -2.43. The second-order valence-corrected chi connectivity index (χ2v) is 7.77. The predicted molar refractivity (Wildman–Crippen MR) is 136 cm³/mol. The first-order chi connectivity index (χ1) is 14.2. The number of ether oxygens (including phenoxy) is 1. The summed E-state index contributed by atoms with van der Waals surface area (Å²) in [6.45, 7) is 9.10. The molecular formula is C23H41IN4O2. The summed E-state index contributed by atoms with van der Waals surface area (Å²) < 4.78 is 5.65. The molecule has 1 heterocycles. The Balaban J connectivity index is 0.00000450. The minimum Gasteiger partial charge on any atom is -0.496 e. The molecule has 2 rings (SSSR count). The van der Waals surface area contributed by atoms with Crippen molar-refractivity contribution in [2.45, 2.75) is 52.0 Å². The van der Waals surface area contributed by atoms with Crippen LogP contribution in [-0.4, -0.2) is 62.4 Å². The summed E-state index contributed by atoms with van der Waals surface area (Å²) in [7, 11) is 1.74. The molecule has 172 valence electrons. The van der Waals surface area contributed by atoms with Crippen molar-refractivity contribution in [3.63, 3.8) is 0 Å². The van der Waals surface area contributed by atoms with Gasteiger partial charge in [-0.05, 0) is 57.7 Å². The Morgan fingerprint density at radius 3 is 2.53 bits per heavy atom. The van der Waals surface area contributed by atoms with Crippen LogP contribution in [0, 0.1) is 5.92 Å². The Hall–Kier alpha value is -1.06. The van der Waals surface area contributed by atoms with Crippen molar-refractivity contribution in [3.05, 3.63) is 29.8 Å². The van der Waals surface area contributed by atoms with Crippen molar-refractivity contribution >= 4 is 29.9 Å². The topological polar surface area (TPSA) is 69.1 Å². The van der Waals surface area contributed by atoms with Crippen LogP contribution in [0.1, 0.15) is 57.6 Å². The van der Waals surface area contributed by atoms with E-state index in [-0.39, 0.29) is 36.6 Å². The quantitative estimate of drug-likeness (QED) is 0.217. The minimum absolute atomic E-state index is 0. The Labute approximate surface area is 199 Å². The normalized spacial score (nSPS) is 16.6. The van der Waals surface area contributed by atoms with Gasteiger partial charge in [0.25, 0.3) is 0 Å². The van der Waals surface area contributed by atoms with Crippen LogP contribution in [0.5, 0.6) is 5.75 Å². The van der Waals surface area contributed by atoms with Gasteiger partial charge in [0.15, 0.2) is 5.96 Å². The van der Waals surface area contributed by atoms with Gasteiger partial charge in [0.2, 0.25) is 0 Å². The van der Waals surface area contributed by atoms with Crippen LogP contribution >= 0.6 is 24.0 Å². The highest BCUT2D eigenvalue weighted by molar-refractivity contribution is 14.0. The second kappa shape index (κ2) is 15.7. The average Bonchev–Trinajstić information content (AvgIpc) is 3.27. The first-order valence-corrected chi connectivity index (χ1v) is 11.2. The van der Waals surface area contributed by atoms with E-state index in [4.69, 9.17) is 9.73 Å². The van der Waals surface area contributed by atoms with Crippen molar-refractivity contribution < 1.29 is 9.84 Å². The lowest BCUT2D eigenvalue weighted by atomic mass is 10.0. The number of aliphatic hydroxyl groups is 1.